The number of aromatic carboxylic acids is 1. The van der Waals surface area contributed by atoms with Gasteiger partial charge in [-0.2, -0.15) is 4.31 Å². The molecular weight excluding hydrogens is 545 g/mol. The topological polar surface area (TPSA) is 99.9 Å². The summed E-state index contributed by atoms with van der Waals surface area (Å²) in [7, 11) is -3.82. The zero-order valence-corrected chi connectivity index (χ0v) is 25.7. The second-order valence-corrected chi connectivity index (χ2v) is 13.5. The molecule has 8 nitrogen and oxygen atoms in total. The summed E-state index contributed by atoms with van der Waals surface area (Å²) in [5.74, 6) is -1.71. The van der Waals surface area contributed by atoms with Crippen LogP contribution in [0.15, 0.2) is 40.2 Å². The van der Waals surface area contributed by atoms with E-state index in [-0.39, 0.29) is 55.0 Å². The highest BCUT2D eigenvalue weighted by molar-refractivity contribution is 7.89. The molecule has 4 rings (SSSR count). The van der Waals surface area contributed by atoms with E-state index in [0.717, 1.165) is 22.8 Å². The van der Waals surface area contributed by atoms with Crippen LogP contribution < -0.4 is 10.3 Å². The normalized spacial score (nSPS) is 15.0. The fourth-order valence-corrected chi connectivity index (χ4v) is 7.63. The van der Waals surface area contributed by atoms with E-state index in [1.807, 2.05) is 46.8 Å². The van der Waals surface area contributed by atoms with Crippen LogP contribution in [0.1, 0.15) is 93.3 Å². The quantitative estimate of drug-likeness (QED) is 0.362. The fourth-order valence-electron chi connectivity index (χ4n) is 5.54. The first-order valence-corrected chi connectivity index (χ1v) is 15.7. The standard InChI is InChI=1S/C31H40FN3O5S/c1-8-33-17-25(31(37)38)29(36)24-15-26(32)28(16-27(24)33)34-9-11-35(12-10-34)41(39,40)30-22(19(4)5)13-21(18(2)3)14-23(30)20(6)7/h13-20H,8-12H2,1-7H3,(H,37,38). The van der Waals surface area contributed by atoms with Crippen molar-refractivity contribution in [2.24, 2.45) is 0 Å². The van der Waals surface area contributed by atoms with Crippen LogP contribution in [-0.4, -0.2) is 54.5 Å². The van der Waals surface area contributed by atoms with E-state index >= 15 is 4.39 Å². The van der Waals surface area contributed by atoms with Gasteiger partial charge in [0.2, 0.25) is 15.5 Å². The number of carboxylic acid groups (broad SMARTS) is 1. The molecule has 0 spiro atoms. The number of hydrogen-bond acceptors (Lipinski definition) is 5. The highest BCUT2D eigenvalue weighted by Gasteiger charge is 2.34. The molecular formula is C31H40FN3O5S. The molecule has 0 bridgehead atoms. The molecule has 1 saturated heterocycles. The predicted molar refractivity (Wildman–Crippen MR) is 160 cm³/mol. The number of carbonyl (C=O) groups is 1. The second-order valence-electron chi connectivity index (χ2n) is 11.7. The lowest BCUT2D eigenvalue weighted by molar-refractivity contribution is 0.0694. The summed E-state index contributed by atoms with van der Waals surface area (Å²) in [6.45, 7) is 15.4. The number of rotatable bonds is 8. The van der Waals surface area contributed by atoms with E-state index in [2.05, 4.69) is 13.8 Å². The molecule has 10 heteroatoms. The Morgan fingerprint density at radius 3 is 1.95 bits per heavy atom. The molecule has 222 valence electrons. The summed E-state index contributed by atoms with van der Waals surface area (Å²) in [4.78, 5) is 26.4. The zero-order valence-electron chi connectivity index (χ0n) is 24.9. The highest BCUT2D eigenvalue weighted by Crippen LogP contribution is 2.37. The second kappa shape index (κ2) is 11.6. The van der Waals surface area contributed by atoms with Crippen molar-refractivity contribution in [2.45, 2.75) is 77.7 Å². The number of aryl methyl sites for hydroxylation is 1. The van der Waals surface area contributed by atoms with Crippen LogP contribution in [0.4, 0.5) is 10.1 Å². The number of nitrogens with zero attached hydrogens (tertiary/aromatic N) is 3. The van der Waals surface area contributed by atoms with Crippen LogP contribution in [0.25, 0.3) is 10.9 Å². The van der Waals surface area contributed by atoms with Crippen molar-refractivity contribution in [2.75, 3.05) is 31.1 Å². The van der Waals surface area contributed by atoms with Gasteiger partial charge >= 0.3 is 5.97 Å². The number of halogens is 1. The minimum absolute atomic E-state index is 0.00138. The maximum atomic E-state index is 15.4. The smallest absolute Gasteiger partial charge is 0.341 e. The SMILES string of the molecule is CCn1cc(C(=O)O)c(=O)c2cc(F)c(N3CCN(S(=O)(=O)c4c(C(C)C)cc(C(C)C)cc4C(C)C)CC3)cc21. The molecule has 0 amide bonds. The number of aromatic nitrogens is 1. The summed E-state index contributed by atoms with van der Waals surface area (Å²) in [5.41, 5.74) is 2.31. The van der Waals surface area contributed by atoms with Crippen LogP contribution in [-0.2, 0) is 16.6 Å². The molecule has 2 aromatic carbocycles. The molecule has 0 unspecified atom stereocenters. The van der Waals surface area contributed by atoms with Crippen molar-refractivity contribution >= 4 is 32.6 Å². The number of anilines is 1. The van der Waals surface area contributed by atoms with Gasteiger partial charge in [-0.25, -0.2) is 17.6 Å². The third kappa shape index (κ3) is 5.64. The van der Waals surface area contributed by atoms with E-state index in [9.17, 15) is 23.1 Å². The van der Waals surface area contributed by atoms with Gasteiger partial charge < -0.3 is 14.6 Å². The minimum Gasteiger partial charge on any atom is -0.477 e. The minimum atomic E-state index is -3.82. The number of benzene rings is 2. The van der Waals surface area contributed by atoms with Gasteiger partial charge in [-0.05, 0) is 53.5 Å². The van der Waals surface area contributed by atoms with E-state index in [0.29, 0.717) is 17.0 Å². The molecule has 0 atom stereocenters. The molecule has 1 N–H and O–H groups in total. The molecule has 2 heterocycles. The van der Waals surface area contributed by atoms with E-state index in [1.165, 1.54) is 10.5 Å². The molecule has 1 aromatic heterocycles. The number of carboxylic acids is 1. The van der Waals surface area contributed by atoms with E-state index in [1.54, 1.807) is 15.5 Å². The first-order valence-electron chi connectivity index (χ1n) is 14.2. The Morgan fingerprint density at radius 1 is 0.927 bits per heavy atom. The maximum Gasteiger partial charge on any atom is 0.341 e. The first-order chi connectivity index (χ1) is 19.2. The lowest BCUT2D eigenvalue weighted by Crippen LogP contribution is -2.49. The fraction of sp³-hybridized carbons (Fsp3) is 0.484. The first kappa shape index (κ1) is 30.7. The number of piperazine rings is 1. The van der Waals surface area contributed by atoms with Crippen molar-refractivity contribution < 1.29 is 22.7 Å². The van der Waals surface area contributed by atoms with Crippen molar-refractivity contribution in [1.29, 1.82) is 0 Å². The third-order valence-corrected chi connectivity index (χ3v) is 10.0. The van der Waals surface area contributed by atoms with Gasteiger partial charge in [-0.3, -0.25) is 4.79 Å². The Labute approximate surface area is 241 Å². The van der Waals surface area contributed by atoms with Gasteiger partial charge in [0.25, 0.3) is 0 Å². The van der Waals surface area contributed by atoms with Crippen LogP contribution in [0, 0.1) is 5.82 Å². The van der Waals surface area contributed by atoms with Crippen LogP contribution in [0.3, 0.4) is 0 Å². The van der Waals surface area contributed by atoms with Gasteiger partial charge in [-0.1, -0.05) is 53.7 Å². The Kier molecular flexibility index (Phi) is 8.66. The average Bonchev–Trinajstić information content (AvgIpc) is 2.92. The van der Waals surface area contributed by atoms with Crippen LogP contribution in [0.2, 0.25) is 0 Å². The highest BCUT2D eigenvalue weighted by atomic mass is 32.2. The van der Waals surface area contributed by atoms with Gasteiger partial charge in [0.15, 0.2) is 0 Å². The van der Waals surface area contributed by atoms with Crippen molar-refractivity contribution in [3.63, 3.8) is 0 Å². The summed E-state index contributed by atoms with van der Waals surface area (Å²) >= 11 is 0. The molecule has 0 radical (unpaired) electrons. The van der Waals surface area contributed by atoms with E-state index in [4.69, 9.17) is 0 Å². The molecule has 1 aliphatic rings. The molecule has 3 aromatic rings. The Hall–Kier alpha value is -3.24. The molecule has 41 heavy (non-hydrogen) atoms. The molecule has 0 aliphatic carbocycles. The zero-order chi connectivity index (χ0) is 30.4. The summed E-state index contributed by atoms with van der Waals surface area (Å²) in [6.07, 6.45) is 1.28. The number of hydrogen-bond donors (Lipinski definition) is 1. The Balaban J connectivity index is 1.70. The Bertz CT molecular complexity index is 1620. The molecule has 1 aliphatic heterocycles. The van der Waals surface area contributed by atoms with Gasteiger partial charge in [0, 0.05) is 44.3 Å². The summed E-state index contributed by atoms with van der Waals surface area (Å²) in [5, 5.41) is 9.41. The van der Waals surface area contributed by atoms with Crippen molar-refractivity contribution in [3.8, 4) is 0 Å². The maximum absolute atomic E-state index is 15.4. The molecule has 1 fully saturated rings. The van der Waals surface area contributed by atoms with Crippen molar-refractivity contribution in [3.05, 3.63) is 68.8 Å². The lowest BCUT2D eigenvalue weighted by atomic mass is 9.89. The van der Waals surface area contributed by atoms with E-state index < -0.39 is 32.8 Å². The summed E-state index contributed by atoms with van der Waals surface area (Å²) in [6, 6.07) is 6.70. The van der Waals surface area contributed by atoms with Crippen molar-refractivity contribution in [1.82, 2.24) is 8.87 Å². The van der Waals surface area contributed by atoms with Gasteiger partial charge in [0.05, 0.1) is 16.1 Å². The van der Waals surface area contributed by atoms with Gasteiger partial charge in [0.1, 0.15) is 11.4 Å². The molecule has 0 saturated carbocycles. The third-order valence-electron chi connectivity index (χ3n) is 7.98. The monoisotopic (exact) mass is 585 g/mol. The summed E-state index contributed by atoms with van der Waals surface area (Å²) < 4.78 is 46.8. The van der Waals surface area contributed by atoms with Crippen LogP contribution >= 0.6 is 0 Å². The Morgan fingerprint density at radius 2 is 1.49 bits per heavy atom. The number of pyridine rings is 1. The van der Waals surface area contributed by atoms with Gasteiger partial charge in [-0.15, -0.1) is 0 Å². The number of sulfonamides is 1. The number of fused-ring (bicyclic) bond motifs is 1. The largest absolute Gasteiger partial charge is 0.477 e. The predicted octanol–water partition coefficient (Wildman–Crippen LogP) is 5.74. The lowest BCUT2D eigenvalue weighted by Gasteiger charge is -2.36. The average molecular weight is 586 g/mol. The van der Waals surface area contributed by atoms with Crippen LogP contribution in [0.5, 0.6) is 0 Å².